The van der Waals surface area contributed by atoms with E-state index in [1.54, 1.807) is 6.07 Å². The summed E-state index contributed by atoms with van der Waals surface area (Å²) in [5, 5.41) is 6.07. The number of hydrogen-bond acceptors (Lipinski definition) is 6. The van der Waals surface area contributed by atoms with Crippen LogP contribution in [0.25, 0.3) is 11.3 Å². The van der Waals surface area contributed by atoms with E-state index in [1.807, 2.05) is 43.3 Å². The molecular formula is C22H21N3O4S. The summed E-state index contributed by atoms with van der Waals surface area (Å²) in [6, 6.07) is 13.2. The van der Waals surface area contributed by atoms with Gasteiger partial charge in [0.1, 0.15) is 11.5 Å². The third kappa shape index (κ3) is 4.44. The number of nitrogens with zero attached hydrogens (tertiary/aromatic N) is 1. The molecule has 4 rings (SSSR count). The Morgan fingerprint density at radius 1 is 1.27 bits per heavy atom. The van der Waals surface area contributed by atoms with Crippen LogP contribution in [0, 0.1) is 6.92 Å². The van der Waals surface area contributed by atoms with Crippen molar-refractivity contribution in [3.63, 3.8) is 0 Å². The summed E-state index contributed by atoms with van der Waals surface area (Å²) in [5.41, 5.74) is 3.41. The van der Waals surface area contributed by atoms with Gasteiger partial charge in [-0.05, 0) is 49.2 Å². The van der Waals surface area contributed by atoms with E-state index in [0.717, 1.165) is 22.6 Å². The molecule has 30 heavy (non-hydrogen) atoms. The van der Waals surface area contributed by atoms with Crippen molar-refractivity contribution in [2.75, 3.05) is 23.8 Å². The smallest absolute Gasteiger partial charge is 0.264 e. The van der Waals surface area contributed by atoms with Crippen molar-refractivity contribution in [3.05, 3.63) is 52.9 Å². The quantitative estimate of drug-likeness (QED) is 0.625. The lowest BCUT2D eigenvalue weighted by Crippen LogP contribution is -2.25. The zero-order chi connectivity index (χ0) is 21.1. The molecule has 2 amide bonds. The SMILES string of the molecule is CCc1ccc(OCC(=O)Nc2nc(-c3ccc4c(c3)NC(=O)CO4)c(C)s2)cc1. The predicted molar refractivity (Wildman–Crippen MR) is 116 cm³/mol. The highest BCUT2D eigenvalue weighted by Crippen LogP contribution is 2.36. The summed E-state index contributed by atoms with van der Waals surface area (Å²) in [6.07, 6.45) is 0.954. The number of thiazole rings is 1. The van der Waals surface area contributed by atoms with Gasteiger partial charge in [-0.2, -0.15) is 0 Å². The van der Waals surface area contributed by atoms with Gasteiger partial charge in [-0.3, -0.25) is 14.9 Å². The first kappa shape index (κ1) is 19.9. The van der Waals surface area contributed by atoms with Gasteiger partial charge in [0.05, 0.1) is 11.4 Å². The van der Waals surface area contributed by atoms with Gasteiger partial charge in [0.2, 0.25) is 0 Å². The van der Waals surface area contributed by atoms with Crippen molar-refractivity contribution in [2.45, 2.75) is 20.3 Å². The number of ether oxygens (including phenoxy) is 2. The first-order valence-corrected chi connectivity index (χ1v) is 10.4. The number of aromatic nitrogens is 1. The first-order valence-electron chi connectivity index (χ1n) is 9.58. The Hall–Kier alpha value is -3.39. The summed E-state index contributed by atoms with van der Waals surface area (Å²) in [4.78, 5) is 29.3. The predicted octanol–water partition coefficient (Wildman–Crippen LogP) is 4.03. The van der Waals surface area contributed by atoms with Gasteiger partial charge < -0.3 is 14.8 Å². The van der Waals surface area contributed by atoms with E-state index >= 15 is 0 Å². The number of rotatable bonds is 6. The van der Waals surface area contributed by atoms with E-state index in [2.05, 4.69) is 22.5 Å². The van der Waals surface area contributed by atoms with Crippen molar-refractivity contribution in [1.29, 1.82) is 0 Å². The molecule has 2 aromatic carbocycles. The molecule has 0 bridgehead atoms. The van der Waals surface area contributed by atoms with Crippen LogP contribution in [0.2, 0.25) is 0 Å². The van der Waals surface area contributed by atoms with E-state index in [0.29, 0.717) is 22.3 Å². The Labute approximate surface area is 178 Å². The maximum atomic E-state index is 12.3. The van der Waals surface area contributed by atoms with Gasteiger partial charge in [0, 0.05) is 10.4 Å². The molecule has 0 radical (unpaired) electrons. The number of carbonyl (C=O) groups is 2. The van der Waals surface area contributed by atoms with Crippen LogP contribution in [0.3, 0.4) is 0 Å². The fraction of sp³-hybridized carbons (Fsp3) is 0.227. The molecule has 8 heteroatoms. The van der Waals surface area contributed by atoms with Gasteiger partial charge in [-0.25, -0.2) is 4.98 Å². The van der Waals surface area contributed by atoms with Crippen LogP contribution < -0.4 is 20.1 Å². The van der Waals surface area contributed by atoms with Crippen LogP contribution in [-0.2, 0) is 16.0 Å². The normalized spacial score (nSPS) is 12.5. The molecule has 7 nitrogen and oxygen atoms in total. The molecule has 1 aliphatic heterocycles. The van der Waals surface area contributed by atoms with E-state index < -0.39 is 0 Å². The molecule has 154 valence electrons. The fourth-order valence-electron chi connectivity index (χ4n) is 3.07. The third-order valence-electron chi connectivity index (χ3n) is 4.63. The number of nitrogens with one attached hydrogen (secondary N) is 2. The zero-order valence-electron chi connectivity index (χ0n) is 16.7. The van der Waals surface area contributed by atoms with Gasteiger partial charge in [-0.15, -0.1) is 11.3 Å². The maximum Gasteiger partial charge on any atom is 0.264 e. The Morgan fingerprint density at radius 3 is 2.83 bits per heavy atom. The Bertz CT molecular complexity index is 1090. The second-order valence-electron chi connectivity index (χ2n) is 6.81. The van der Waals surface area contributed by atoms with Gasteiger partial charge in [-0.1, -0.05) is 19.1 Å². The van der Waals surface area contributed by atoms with Crippen LogP contribution in [-0.4, -0.2) is 30.0 Å². The minimum Gasteiger partial charge on any atom is -0.484 e. The lowest BCUT2D eigenvalue weighted by atomic mass is 10.1. The van der Waals surface area contributed by atoms with E-state index in [4.69, 9.17) is 9.47 Å². The molecule has 3 aromatic rings. The number of fused-ring (bicyclic) bond motifs is 1. The molecule has 0 atom stereocenters. The third-order valence-corrected chi connectivity index (χ3v) is 5.52. The molecule has 0 aliphatic carbocycles. The maximum absolute atomic E-state index is 12.3. The van der Waals surface area contributed by atoms with Gasteiger partial charge in [0.25, 0.3) is 11.8 Å². The second kappa shape index (κ2) is 8.54. The Kier molecular flexibility index (Phi) is 5.67. The summed E-state index contributed by atoms with van der Waals surface area (Å²) in [7, 11) is 0. The van der Waals surface area contributed by atoms with Gasteiger partial charge in [0.15, 0.2) is 18.3 Å². The first-order chi connectivity index (χ1) is 14.5. The molecule has 0 spiro atoms. The van der Waals surface area contributed by atoms with Gasteiger partial charge >= 0.3 is 0 Å². The van der Waals surface area contributed by atoms with Crippen molar-refractivity contribution < 1.29 is 19.1 Å². The molecular weight excluding hydrogens is 402 g/mol. The summed E-state index contributed by atoms with van der Waals surface area (Å²) in [5.74, 6) is 0.813. The van der Waals surface area contributed by atoms with Crippen LogP contribution >= 0.6 is 11.3 Å². The topological polar surface area (TPSA) is 89.5 Å². The Morgan fingerprint density at radius 2 is 2.07 bits per heavy atom. The minimum absolute atomic E-state index is 0.0169. The zero-order valence-corrected chi connectivity index (χ0v) is 17.5. The van der Waals surface area contributed by atoms with Crippen molar-refractivity contribution >= 4 is 34.0 Å². The average molecular weight is 423 g/mol. The van der Waals surface area contributed by atoms with E-state index in [-0.39, 0.29) is 25.0 Å². The van der Waals surface area contributed by atoms with Crippen molar-refractivity contribution in [1.82, 2.24) is 4.98 Å². The largest absolute Gasteiger partial charge is 0.484 e. The molecule has 0 unspecified atom stereocenters. The average Bonchev–Trinajstić information content (AvgIpc) is 3.11. The number of hydrogen-bond donors (Lipinski definition) is 2. The molecule has 1 aromatic heterocycles. The Balaban J connectivity index is 1.41. The molecule has 0 saturated carbocycles. The molecule has 0 saturated heterocycles. The minimum atomic E-state index is -0.277. The molecule has 2 N–H and O–H groups in total. The fourth-order valence-corrected chi connectivity index (χ4v) is 3.93. The highest BCUT2D eigenvalue weighted by Gasteiger charge is 2.18. The van der Waals surface area contributed by atoms with Crippen LogP contribution in [0.5, 0.6) is 11.5 Å². The number of benzene rings is 2. The number of carbonyl (C=O) groups excluding carboxylic acids is 2. The van der Waals surface area contributed by atoms with E-state index in [9.17, 15) is 9.59 Å². The lowest BCUT2D eigenvalue weighted by molar-refractivity contribution is -0.119. The molecule has 2 heterocycles. The monoisotopic (exact) mass is 423 g/mol. The highest BCUT2D eigenvalue weighted by atomic mass is 32.1. The summed E-state index contributed by atoms with van der Waals surface area (Å²) >= 11 is 1.38. The molecule has 1 aliphatic rings. The number of amides is 2. The standard InChI is InChI=1S/C22H21N3O4S/c1-3-14-4-7-16(8-5-14)28-11-20(27)24-22-25-21(13(2)30-22)15-6-9-18-17(10-15)23-19(26)12-29-18/h4-10H,3,11-12H2,1-2H3,(H,23,26)(H,24,25,27). The molecule has 0 fully saturated rings. The summed E-state index contributed by atoms with van der Waals surface area (Å²) in [6.45, 7) is 3.94. The van der Waals surface area contributed by atoms with Crippen LogP contribution in [0.15, 0.2) is 42.5 Å². The summed E-state index contributed by atoms with van der Waals surface area (Å²) < 4.78 is 10.9. The lowest BCUT2D eigenvalue weighted by Gasteiger charge is -2.18. The van der Waals surface area contributed by atoms with Crippen molar-refractivity contribution in [3.8, 4) is 22.8 Å². The second-order valence-corrected chi connectivity index (χ2v) is 8.01. The highest BCUT2D eigenvalue weighted by molar-refractivity contribution is 7.16. The van der Waals surface area contributed by atoms with E-state index in [1.165, 1.54) is 16.9 Å². The number of anilines is 2. The van der Waals surface area contributed by atoms with Crippen molar-refractivity contribution in [2.24, 2.45) is 0 Å². The van der Waals surface area contributed by atoms with Crippen LogP contribution in [0.4, 0.5) is 10.8 Å². The van der Waals surface area contributed by atoms with Crippen LogP contribution in [0.1, 0.15) is 17.4 Å². The number of aryl methyl sites for hydroxylation is 2.